The SMILES string of the molecule is CN(C(=O)CCCCCc1cc(-c2ccccn2)nn1-c1ccc(C(C)(C)C)cc1)C(=O)C(N)Cc1ccc(O)cc1. The van der Waals surface area contributed by atoms with Crippen LogP contribution in [0, 0.1) is 0 Å². The normalized spacial score (nSPS) is 12.2. The topological polar surface area (TPSA) is 114 Å². The van der Waals surface area contributed by atoms with Crippen molar-refractivity contribution in [3.63, 3.8) is 0 Å². The van der Waals surface area contributed by atoms with Gasteiger partial charge in [0, 0.05) is 25.4 Å². The molecule has 4 rings (SSSR count). The summed E-state index contributed by atoms with van der Waals surface area (Å²) in [5.74, 6) is -0.488. The van der Waals surface area contributed by atoms with E-state index < -0.39 is 11.9 Å². The first-order valence-electron chi connectivity index (χ1n) is 14.5. The number of amides is 2. The van der Waals surface area contributed by atoms with Gasteiger partial charge in [-0.1, -0.05) is 57.5 Å². The van der Waals surface area contributed by atoms with E-state index in [-0.39, 0.29) is 23.5 Å². The van der Waals surface area contributed by atoms with E-state index in [0.29, 0.717) is 12.8 Å². The molecule has 2 aromatic heterocycles. The van der Waals surface area contributed by atoms with Crippen molar-refractivity contribution in [3.8, 4) is 22.8 Å². The molecule has 42 heavy (non-hydrogen) atoms. The van der Waals surface area contributed by atoms with Crippen LogP contribution in [0.5, 0.6) is 5.75 Å². The highest BCUT2D eigenvalue weighted by molar-refractivity contribution is 5.97. The Morgan fingerprint density at radius 3 is 2.31 bits per heavy atom. The Labute approximate surface area is 248 Å². The van der Waals surface area contributed by atoms with Gasteiger partial charge in [-0.25, -0.2) is 4.68 Å². The molecule has 0 bridgehead atoms. The minimum Gasteiger partial charge on any atom is -0.508 e. The van der Waals surface area contributed by atoms with Crippen molar-refractivity contribution in [2.45, 2.75) is 70.8 Å². The van der Waals surface area contributed by atoms with Crippen molar-refractivity contribution in [3.05, 3.63) is 95.8 Å². The van der Waals surface area contributed by atoms with E-state index in [9.17, 15) is 14.7 Å². The zero-order valence-electron chi connectivity index (χ0n) is 25.0. The number of unbranched alkanes of at least 4 members (excludes halogenated alkanes) is 2. The highest BCUT2D eigenvalue weighted by atomic mass is 16.3. The van der Waals surface area contributed by atoms with E-state index >= 15 is 0 Å². The van der Waals surface area contributed by atoms with E-state index in [2.05, 4.69) is 56.1 Å². The van der Waals surface area contributed by atoms with Crippen LogP contribution in [-0.2, 0) is 27.8 Å². The summed E-state index contributed by atoms with van der Waals surface area (Å²) in [4.78, 5) is 31.0. The van der Waals surface area contributed by atoms with Gasteiger partial charge in [-0.3, -0.25) is 19.5 Å². The van der Waals surface area contributed by atoms with Gasteiger partial charge in [-0.05, 0) is 84.7 Å². The molecule has 0 saturated carbocycles. The first-order chi connectivity index (χ1) is 20.0. The lowest BCUT2D eigenvalue weighted by Crippen LogP contribution is -2.45. The van der Waals surface area contributed by atoms with Gasteiger partial charge >= 0.3 is 0 Å². The van der Waals surface area contributed by atoms with Gasteiger partial charge in [0.15, 0.2) is 0 Å². The van der Waals surface area contributed by atoms with Gasteiger partial charge in [0.2, 0.25) is 11.8 Å². The van der Waals surface area contributed by atoms with Gasteiger partial charge in [0.25, 0.3) is 0 Å². The second-order valence-electron chi connectivity index (χ2n) is 11.8. The van der Waals surface area contributed by atoms with Crippen LogP contribution in [0.15, 0.2) is 79.0 Å². The number of aryl methyl sites for hydroxylation is 1. The summed E-state index contributed by atoms with van der Waals surface area (Å²) >= 11 is 0. The summed E-state index contributed by atoms with van der Waals surface area (Å²) in [6, 6.07) is 22.1. The second-order valence-corrected chi connectivity index (χ2v) is 11.8. The third-order valence-electron chi connectivity index (χ3n) is 7.43. The molecule has 0 saturated heterocycles. The average molecular weight is 568 g/mol. The number of phenolic OH excluding ortho intramolecular Hbond substituents is 1. The molecule has 8 nitrogen and oxygen atoms in total. The van der Waals surface area contributed by atoms with Gasteiger partial charge in [-0.15, -0.1) is 0 Å². The monoisotopic (exact) mass is 567 g/mol. The summed E-state index contributed by atoms with van der Waals surface area (Å²) < 4.78 is 1.99. The van der Waals surface area contributed by atoms with Crippen molar-refractivity contribution in [2.24, 2.45) is 5.73 Å². The van der Waals surface area contributed by atoms with E-state index in [1.807, 2.05) is 22.9 Å². The summed E-state index contributed by atoms with van der Waals surface area (Å²) in [7, 11) is 1.49. The number of pyridine rings is 1. The lowest BCUT2D eigenvalue weighted by Gasteiger charge is -2.20. The molecular weight excluding hydrogens is 526 g/mol. The van der Waals surface area contributed by atoms with Gasteiger partial charge in [-0.2, -0.15) is 5.10 Å². The van der Waals surface area contributed by atoms with E-state index in [4.69, 9.17) is 10.8 Å². The first kappa shape index (κ1) is 30.7. The molecule has 8 heteroatoms. The Morgan fingerprint density at radius 2 is 1.67 bits per heavy atom. The number of hydrogen-bond acceptors (Lipinski definition) is 6. The third kappa shape index (κ3) is 7.91. The molecule has 0 radical (unpaired) electrons. The number of phenols is 1. The molecular formula is C34H41N5O3. The fourth-order valence-electron chi connectivity index (χ4n) is 4.84. The molecule has 3 N–H and O–H groups in total. The standard InChI is InChI=1S/C34H41N5O3/c1-34(2,3)25-15-17-26(18-16-25)39-27(23-31(37-39)30-11-8-9-21-36-30)10-6-5-7-12-32(41)38(4)33(42)29(35)22-24-13-19-28(40)20-14-24/h8-9,11,13-21,23,29,40H,5-7,10,12,22,35H2,1-4H3. The molecule has 0 aliphatic rings. The van der Waals surface area contributed by atoms with Crippen LogP contribution in [0.1, 0.15) is 63.3 Å². The Balaban J connectivity index is 1.33. The quantitative estimate of drug-likeness (QED) is 0.228. The maximum absolute atomic E-state index is 12.7. The molecule has 2 amide bonds. The summed E-state index contributed by atoms with van der Waals surface area (Å²) in [5, 5.41) is 14.3. The van der Waals surface area contributed by atoms with Crippen molar-refractivity contribution in [1.29, 1.82) is 0 Å². The van der Waals surface area contributed by atoms with Gasteiger partial charge in [0.1, 0.15) is 11.4 Å². The maximum Gasteiger partial charge on any atom is 0.246 e. The summed E-state index contributed by atoms with van der Waals surface area (Å²) in [6.07, 6.45) is 5.52. The van der Waals surface area contributed by atoms with E-state index in [1.165, 1.54) is 12.6 Å². The van der Waals surface area contributed by atoms with Crippen LogP contribution in [0.2, 0.25) is 0 Å². The average Bonchev–Trinajstić information content (AvgIpc) is 3.41. The van der Waals surface area contributed by atoms with Crippen LogP contribution in [-0.4, -0.2) is 49.7 Å². The molecule has 2 heterocycles. The first-order valence-corrected chi connectivity index (χ1v) is 14.5. The minimum atomic E-state index is -0.824. The van der Waals surface area contributed by atoms with Crippen LogP contribution in [0.25, 0.3) is 17.1 Å². The predicted octanol–water partition coefficient (Wildman–Crippen LogP) is 5.60. The number of imide groups is 1. The Morgan fingerprint density at radius 1 is 0.952 bits per heavy atom. The van der Waals surface area contributed by atoms with Crippen LogP contribution in [0.4, 0.5) is 0 Å². The number of nitrogens with two attached hydrogens (primary N) is 1. The number of nitrogens with zero attached hydrogens (tertiary/aromatic N) is 4. The highest BCUT2D eigenvalue weighted by Crippen LogP contribution is 2.26. The molecule has 1 unspecified atom stereocenters. The number of benzene rings is 2. The molecule has 0 aliphatic heterocycles. The predicted molar refractivity (Wildman–Crippen MR) is 165 cm³/mol. The van der Waals surface area contributed by atoms with E-state index in [0.717, 1.165) is 52.5 Å². The van der Waals surface area contributed by atoms with Crippen molar-refractivity contribution in [2.75, 3.05) is 7.05 Å². The summed E-state index contributed by atoms with van der Waals surface area (Å²) in [5.41, 5.74) is 12.0. The maximum atomic E-state index is 12.7. The van der Waals surface area contributed by atoms with Gasteiger partial charge < -0.3 is 10.8 Å². The minimum absolute atomic E-state index is 0.0680. The fraction of sp³-hybridized carbons (Fsp3) is 0.353. The van der Waals surface area contributed by atoms with Crippen LogP contribution < -0.4 is 5.73 Å². The molecule has 0 spiro atoms. The second kappa shape index (κ2) is 13.6. The van der Waals surface area contributed by atoms with E-state index in [1.54, 1.807) is 30.5 Å². The van der Waals surface area contributed by atoms with Gasteiger partial charge in [0.05, 0.1) is 17.4 Å². The third-order valence-corrected chi connectivity index (χ3v) is 7.43. The molecule has 2 aromatic carbocycles. The number of carbonyl (C=O) groups excluding carboxylic acids is 2. The number of likely N-dealkylation sites (N-methyl/N-ethyl adjacent to an activating group) is 1. The number of rotatable bonds is 11. The number of aromatic nitrogens is 3. The fourth-order valence-corrected chi connectivity index (χ4v) is 4.84. The van der Waals surface area contributed by atoms with Crippen LogP contribution in [0.3, 0.4) is 0 Å². The lowest BCUT2D eigenvalue weighted by atomic mass is 9.87. The molecule has 220 valence electrons. The smallest absolute Gasteiger partial charge is 0.246 e. The molecule has 0 aliphatic carbocycles. The molecule has 0 fully saturated rings. The number of carbonyl (C=O) groups is 2. The zero-order chi connectivity index (χ0) is 30.3. The number of hydrogen-bond donors (Lipinski definition) is 2. The highest BCUT2D eigenvalue weighted by Gasteiger charge is 2.23. The zero-order valence-corrected chi connectivity index (χ0v) is 25.0. The summed E-state index contributed by atoms with van der Waals surface area (Å²) in [6.45, 7) is 6.60. The lowest BCUT2D eigenvalue weighted by molar-refractivity contribution is -0.144. The molecule has 4 aromatic rings. The number of aromatic hydroxyl groups is 1. The van der Waals surface area contributed by atoms with Crippen molar-refractivity contribution < 1.29 is 14.7 Å². The Hall–Kier alpha value is -4.30. The van der Waals surface area contributed by atoms with Crippen molar-refractivity contribution >= 4 is 11.8 Å². The Kier molecular flexibility index (Phi) is 9.91. The van der Waals surface area contributed by atoms with Crippen molar-refractivity contribution in [1.82, 2.24) is 19.7 Å². The molecule has 1 atom stereocenters. The van der Waals surface area contributed by atoms with Crippen LogP contribution >= 0.6 is 0 Å². The Bertz CT molecular complexity index is 1470. The largest absolute Gasteiger partial charge is 0.508 e.